The van der Waals surface area contributed by atoms with Crippen molar-refractivity contribution in [3.05, 3.63) is 29.3 Å². The van der Waals surface area contributed by atoms with E-state index < -0.39 is 0 Å². The van der Waals surface area contributed by atoms with Crippen LogP contribution in [0.4, 0.5) is 0 Å². The molecule has 0 aromatic heterocycles. The smallest absolute Gasteiger partial charge is 0.164 e. The number of hydrogen-bond donors (Lipinski definition) is 2. The maximum Gasteiger partial charge on any atom is 0.164 e. The van der Waals surface area contributed by atoms with E-state index in [9.17, 15) is 10.2 Å². The molecule has 82 valence electrons. The molecule has 0 fully saturated rings. The molecule has 0 saturated heterocycles. The number of hydrogen-bond acceptors (Lipinski definition) is 3. The minimum atomic E-state index is 0.0906. The first-order valence-electron chi connectivity index (χ1n) is 4.76. The van der Waals surface area contributed by atoms with Gasteiger partial charge in [-0.3, -0.25) is 0 Å². The molecule has 0 radical (unpaired) electrons. The molecule has 3 heteroatoms. The minimum absolute atomic E-state index is 0.0906. The maximum absolute atomic E-state index is 9.76. The van der Waals surface area contributed by atoms with Crippen LogP contribution < -0.4 is 4.74 Å². The van der Waals surface area contributed by atoms with Gasteiger partial charge >= 0.3 is 0 Å². The van der Waals surface area contributed by atoms with E-state index in [1.165, 1.54) is 19.2 Å². The number of allylic oxidation sites excluding steroid dienone is 2. The fourth-order valence-corrected chi connectivity index (χ4v) is 1.27. The van der Waals surface area contributed by atoms with Gasteiger partial charge in [-0.15, -0.1) is 0 Å². The third-order valence-electron chi connectivity index (χ3n) is 2.09. The molecule has 0 bridgehead atoms. The standard InChI is InChI=1S/C12H16O3/c1-8(2)4-5-9-6-10(13)7-11(15-3)12(9)14/h4,6-7,13-14H,5H2,1-3H3. The molecule has 0 amide bonds. The van der Waals surface area contributed by atoms with Crippen molar-refractivity contribution in [3.63, 3.8) is 0 Å². The quantitative estimate of drug-likeness (QED) is 0.593. The summed E-state index contributed by atoms with van der Waals surface area (Å²) in [5.41, 5.74) is 1.82. The van der Waals surface area contributed by atoms with Crippen molar-refractivity contribution in [2.45, 2.75) is 20.3 Å². The van der Waals surface area contributed by atoms with Crippen molar-refractivity contribution in [3.8, 4) is 17.2 Å². The van der Waals surface area contributed by atoms with Crippen LogP contribution in [0, 0.1) is 0 Å². The van der Waals surface area contributed by atoms with Gasteiger partial charge < -0.3 is 14.9 Å². The summed E-state index contributed by atoms with van der Waals surface area (Å²) in [6.45, 7) is 3.97. The molecule has 3 nitrogen and oxygen atoms in total. The Morgan fingerprint density at radius 1 is 1.33 bits per heavy atom. The largest absolute Gasteiger partial charge is 0.508 e. The first kappa shape index (κ1) is 11.4. The average Bonchev–Trinajstić information content (AvgIpc) is 2.18. The second-order valence-corrected chi connectivity index (χ2v) is 3.64. The third kappa shape index (κ3) is 2.91. The Hall–Kier alpha value is -1.64. The van der Waals surface area contributed by atoms with E-state index in [2.05, 4.69) is 0 Å². The van der Waals surface area contributed by atoms with Gasteiger partial charge in [-0.1, -0.05) is 11.6 Å². The fraction of sp³-hybridized carbons (Fsp3) is 0.333. The van der Waals surface area contributed by atoms with Gasteiger partial charge in [0.05, 0.1) is 7.11 Å². The summed E-state index contributed by atoms with van der Waals surface area (Å²) in [6, 6.07) is 2.93. The number of methoxy groups -OCH3 is 1. The van der Waals surface area contributed by atoms with Gasteiger partial charge in [0.15, 0.2) is 11.5 Å². The summed E-state index contributed by atoms with van der Waals surface area (Å²) in [4.78, 5) is 0. The monoisotopic (exact) mass is 208 g/mol. The van der Waals surface area contributed by atoms with Crippen molar-refractivity contribution >= 4 is 0 Å². The molecule has 15 heavy (non-hydrogen) atoms. The van der Waals surface area contributed by atoms with E-state index in [1.54, 1.807) is 0 Å². The summed E-state index contributed by atoms with van der Waals surface area (Å²) in [5, 5.41) is 19.2. The van der Waals surface area contributed by atoms with Crippen LogP contribution in [0.3, 0.4) is 0 Å². The number of rotatable bonds is 3. The Morgan fingerprint density at radius 2 is 2.00 bits per heavy atom. The van der Waals surface area contributed by atoms with E-state index >= 15 is 0 Å². The Balaban J connectivity index is 3.06. The highest BCUT2D eigenvalue weighted by atomic mass is 16.5. The van der Waals surface area contributed by atoms with Crippen LogP contribution in [0.5, 0.6) is 17.2 Å². The van der Waals surface area contributed by atoms with E-state index in [-0.39, 0.29) is 11.5 Å². The second-order valence-electron chi connectivity index (χ2n) is 3.64. The molecule has 1 aromatic rings. The predicted molar refractivity (Wildman–Crippen MR) is 59.5 cm³/mol. The summed E-state index contributed by atoms with van der Waals surface area (Å²) in [7, 11) is 1.46. The zero-order valence-corrected chi connectivity index (χ0v) is 9.24. The van der Waals surface area contributed by atoms with Crippen LogP contribution in [0.25, 0.3) is 0 Å². The third-order valence-corrected chi connectivity index (χ3v) is 2.09. The lowest BCUT2D eigenvalue weighted by Gasteiger charge is -2.08. The lowest BCUT2D eigenvalue weighted by atomic mass is 10.1. The molecule has 0 aliphatic heterocycles. The van der Waals surface area contributed by atoms with Crippen molar-refractivity contribution < 1.29 is 14.9 Å². The van der Waals surface area contributed by atoms with Crippen LogP contribution in [0.1, 0.15) is 19.4 Å². The minimum Gasteiger partial charge on any atom is -0.508 e. The van der Waals surface area contributed by atoms with Gasteiger partial charge in [-0.2, -0.15) is 0 Å². The topological polar surface area (TPSA) is 49.7 Å². The van der Waals surface area contributed by atoms with Gasteiger partial charge in [-0.25, -0.2) is 0 Å². The first-order valence-corrected chi connectivity index (χ1v) is 4.76. The van der Waals surface area contributed by atoms with Gasteiger partial charge in [0.1, 0.15) is 5.75 Å². The molecule has 0 aliphatic rings. The predicted octanol–water partition coefficient (Wildman–Crippen LogP) is 2.62. The van der Waals surface area contributed by atoms with Crippen LogP contribution in [-0.2, 0) is 6.42 Å². The van der Waals surface area contributed by atoms with Crippen molar-refractivity contribution in [2.75, 3.05) is 7.11 Å². The number of phenolic OH excluding ortho intramolecular Hbond substituents is 2. The van der Waals surface area contributed by atoms with E-state index in [0.29, 0.717) is 17.7 Å². The molecule has 0 spiro atoms. The maximum atomic E-state index is 9.76. The highest BCUT2D eigenvalue weighted by molar-refractivity contribution is 5.51. The average molecular weight is 208 g/mol. The molecule has 1 aromatic carbocycles. The van der Waals surface area contributed by atoms with Gasteiger partial charge in [-0.05, 0) is 26.3 Å². The molecule has 1 rings (SSSR count). The highest BCUT2D eigenvalue weighted by Gasteiger charge is 2.08. The van der Waals surface area contributed by atoms with Crippen LogP contribution in [-0.4, -0.2) is 17.3 Å². The Bertz CT molecular complexity index is 377. The SMILES string of the molecule is COc1cc(O)cc(CC=C(C)C)c1O. The number of ether oxygens (including phenoxy) is 1. The summed E-state index contributed by atoms with van der Waals surface area (Å²) < 4.78 is 4.94. The Labute approximate surface area is 89.6 Å². The van der Waals surface area contributed by atoms with Crippen LogP contribution >= 0.6 is 0 Å². The molecule has 0 atom stereocenters. The normalized spacial score (nSPS) is 9.80. The van der Waals surface area contributed by atoms with Gasteiger partial charge in [0.2, 0.25) is 0 Å². The molecular formula is C12H16O3. The van der Waals surface area contributed by atoms with E-state index in [1.807, 2.05) is 19.9 Å². The summed E-state index contributed by atoms with van der Waals surface area (Å²) >= 11 is 0. The zero-order chi connectivity index (χ0) is 11.4. The highest BCUT2D eigenvalue weighted by Crippen LogP contribution is 2.34. The fourth-order valence-electron chi connectivity index (χ4n) is 1.27. The van der Waals surface area contributed by atoms with Crippen LogP contribution in [0.2, 0.25) is 0 Å². The summed E-state index contributed by atoms with van der Waals surface area (Å²) in [6.07, 6.45) is 2.56. The number of benzene rings is 1. The van der Waals surface area contributed by atoms with Gasteiger partial charge in [0.25, 0.3) is 0 Å². The lowest BCUT2D eigenvalue weighted by Crippen LogP contribution is -1.89. The molecule has 0 heterocycles. The lowest BCUT2D eigenvalue weighted by molar-refractivity contribution is 0.366. The molecular weight excluding hydrogens is 192 g/mol. The number of phenols is 2. The second kappa shape index (κ2) is 4.73. The van der Waals surface area contributed by atoms with Crippen LogP contribution in [0.15, 0.2) is 23.8 Å². The summed E-state index contributed by atoms with van der Waals surface area (Å²) in [5.74, 6) is 0.488. The zero-order valence-electron chi connectivity index (χ0n) is 9.24. The molecule has 0 saturated carbocycles. The first-order chi connectivity index (χ1) is 7.04. The van der Waals surface area contributed by atoms with E-state index in [0.717, 1.165) is 5.57 Å². The Morgan fingerprint density at radius 3 is 2.53 bits per heavy atom. The molecule has 2 N–H and O–H groups in total. The number of aromatic hydroxyl groups is 2. The van der Waals surface area contributed by atoms with E-state index in [4.69, 9.17) is 4.74 Å². The van der Waals surface area contributed by atoms with Crippen molar-refractivity contribution in [2.24, 2.45) is 0 Å². The Kier molecular flexibility index (Phi) is 3.61. The van der Waals surface area contributed by atoms with Crippen molar-refractivity contribution in [1.82, 2.24) is 0 Å². The van der Waals surface area contributed by atoms with Crippen molar-refractivity contribution in [1.29, 1.82) is 0 Å². The molecule has 0 aliphatic carbocycles. The molecule has 0 unspecified atom stereocenters. The van der Waals surface area contributed by atoms with Gasteiger partial charge in [0, 0.05) is 11.6 Å².